The van der Waals surface area contributed by atoms with Gasteiger partial charge in [-0.1, -0.05) is 43.7 Å². The molecule has 1 amide bonds. The smallest absolute Gasteiger partial charge is 0.295 e. The monoisotopic (exact) mass is 543 g/mol. The van der Waals surface area contributed by atoms with Crippen molar-refractivity contribution in [2.24, 2.45) is 5.92 Å². The molecule has 2 N–H and O–H groups in total. The average Bonchev–Trinajstić information content (AvgIpc) is 3.15. The number of aryl methyl sites for hydroxylation is 3. The second-order valence-electron chi connectivity index (χ2n) is 10.7. The molecule has 4 rings (SSSR count). The molecule has 1 aliphatic heterocycles. The summed E-state index contributed by atoms with van der Waals surface area (Å²) in [7, 11) is 0. The Morgan fingerprint density at radius 1 is 0.925 bits per heavy atom. The predicted molar refractivity (Wildman–Crippen MR) is 155 cm³/mol. The molecule has 1 heterocycles. The van der Waals surface area contributed by atoms with E-state index in [-0.39, 0.29) is 29.4 Å². The summed E-state index contributed by atoms with van der Waals surface area (Å²) >= 11 is 0. The molecule has 7 heteroatoms. The lowest BCUT2D eigenvalue weighted by Gasteiger charge is -2.27. The van der Waals surface area contributed by atoms with Crippen LogP contribution in [-0.4, -0.2) is 40.0 Å². The number of benzene rings is 3. The molecule has 0 spiro atoms. The van der Waals surface area contributed by atoms with Crippen LogP contribution in [0, 0.1) is 26.7 Å². The number of nitrogens with zero attached hydrogens (tertiary/aromatic N) is 1. The minimum Gasteiger partial charge on any atom is -0.507 e. The zero-order chi connectivity index (χ0) is 29.1. The number of aliphatic hydroxyl groups is 1. The van der Waals surface area contributed by atoms with Crippen LogP contribution in [0.1, 0.15) is 60.2 Å². The topological polar surface area (TPSA) is 96.3 Å². The zero-order valence-electron chi connectivity index (χ0n) is 23.9. The molecule has 3 aromatic carbocycles. The fourth-order valence-corrected chi connectivity index (χ4v) is 4.89. The van der Waals surface area contributed by atoms with E-state index < -0.39 is 17.7 Å². The first-order chi connectivity index (χ1) is 19.0. The molecular weight excluding hydrogens is 506 g/mol. The Bertz CT molecular complexity index is 1470. The normalized spacial score (nSPS) is 16.6. The molecular formula is C33H37NO6. The molecule has 0 bridgehead atoms. The minimum absolute atomic E-state index is 0.0151. The van der Waals surface area contributed by atoms with Gasteiger partial charge in [-0.25, -0.2) is 0 Å². The van der Waals surface area contributed by atoms with Gasteiger partial charge in [0.25, 0.3) is 11.7 Å². The van der Waals surface area contributed by atoms with Crippen molar-refractivity contribution in [3.8, 4) is 17.2 Å². The van der Waals surface area contributed by atoms with Gasteiger partial charge in [-0.2, -0.15) is 0 Å². The van der Waals surface area contributed by atoms with Gasteiger partial charge >= 0.3 is 0 Å². The molecule has 0 aromatic heterocycles. The van der Waals surface area contributed by atoms with Crippen LogP contribution in [0.5, 0.6) is 17.2 Å². The third-order valence-electron chi connectivity index (χ3n) is 7.01. The molecule has 1 aliphatic rings. The molecule has 210 valence electrons. The summed E-state index contributed by atoms with van der Waals surface area (Å²) in [4.78, 5) is 28.5. The molecule has 0 radical (unpaired) electrons. The van der Waals surface area contributed by atoms with Gasteiger partial charge in [-0.15, -0.1) is 0 Å². The fraction of sp³-hybridized carbons (Fsp3) is 0.333. The lowest BCUT2D eigenvalue weighted by molar-refractivity contribution is -0.140. The number of Topliss-reactive ketones (excluding diaryl/α,β-unsaturated/α-hetero) is 1. The van der Waals surface area contributed by atoms with Gasteiger partial charge in [-0.3, -0.25) is 9.59 Å². The highest BCUT2D eigenvalue weighted by Gasteiger charge is 2.46. The molecule has 3 aromatic rings. The van der Waals surface area contributed by atoms with Crippen LogP contribution in [0.3, 0.4) is 0 Å². The summed E-state index contributed by atoms with van der Waals surface area (Å²) in [5.41, 5.74) is 4.66. The first-order valence-corrected chi connectivity index (χ1v) is 13.6. The molecule has 0 aliphatic carbocycles. The van der Waals surface area contributed by atoms with Crippen molar-refractivity contribution >= 4 is 17.4 Å². The fourth-order valence-electron chi connectivity index (χ4n) is 4.89. The maximum Gasteiger partial charge on any atom is 0.295 e. The Morgan fingerprint density at radius 3 is 2.35 bits per heavy atom. The highest BCUT2D eigenvalue weighted by molar-refractivity contribution is 6.46. The maximum absolute atomic E-state index is 13.5. The highest BCUT2D eigenvalue weighted by Crippen LogP contribution is 2.43. The first kappa shape index (κ1) is 28.7. The van der Waals surface area contributed by atoms with Gasteiger partial charge in [0.2, 0.25) is 0 Å². The maximum atomic E-state index is 13.5. The molecule has 1 unspecified atom stereocenters. The number of hydrogen-bond donors (Lipinski definition) is 2. The second-order valence-corrected chi connectivity index (χ2v) is 10.7. The Balaban J connectivity index is 1.85. The number of carbonyl (C=O) groups is 2. The molecule has 1 saturated heterocycles. The van der Waals surface area contributed by atoms with Crippen molar-refractivity contribution in [3.63, 3.8) is 0 Å². The van der Waals surface area contributed by atoms with Crippen LogP contribution in [0.2, 0.25) is 0 Å². The third kappa shape index (κ3) is 5.83. The van der Waals surface area contributed by atoms with E-state index in [4.69, 9.17) is 9.47 Å². The lowest BCUT2D eigenvalue weighted by atomic mass is 9.94. The van der Waals surface area contributed by atoms with Crippen molar-refractivity contribution in [2.45, 2.75) is 54.1 Å². The number of amides is 1. The van der Waals surface area contributed by atoms with Crippen molar-refractivity contribution in [3.05, 3.63) is 93.6 Å². The number of carbonyl (C=O) groups excluding carboxylic acids is 2. The van der Waals surface area contributed by atoms with Crippen molar-refractivity contribution < 1.29 is 29.3 Å². The van der Waals surface area contributed by atoms with Crippen LogP contribution in [-0.2, 0) is 16.1 Å². The predicted octanol–water partition coefficient (Wildman–Crippen LogP) is 6.37. The number of rotatable bonds is 9. The first-order valence-electron chi connectivity index (χ1n) is 13.6. The summed E-state index contributed by atoms with van der Waals surface area (Å²) in [6.45, 7) is 12.8. The number of hydrogen-bond acceptors (Lipinski definition) is 6. The average molecular weight is 544 g/mol. The molecule has 1 fully saturated rings. The standard InChI is InChI=1S/C33H37NO6/c1-7-39-28-16-23(10-12-26(28)35)30-29(31(36)24-11-13-27(22(6)15-24)40-18-19(2)3)32(37)33(38)34(30)17-25-14-20(4)8-9-21(25)5/h8-16,19,30,35-36H,7,17-18H2,1-6H3/b31-29-. The zero-order valence-corrected chi connectivity index (χ0v) is 23.9. The van der Waals surface area contributed by atoms with Gasteiger partial charge in [0, 0.05) is 12.1 Å². The van der Waals surface area contributed by atoms with Crippen LogP contribution >= 0.6 is 0 Å². The Kier molecular flexibility index (Phi) is 8.52. The quantitative estimate of drug-likeness (QED) is 0.185. The van der Waals surface area contributed by atoms with E-state index in [1.165, 1.54) is 11.0 Å². The van der Waals surface area contributed by atoms with Crippen LogP contribution in [0.15, 0.2) is 60.2 Å². The number of ether oxygens (including phenoxy) is 2. The Morgan fingerprint density at radius 2 is 1.68 bits per heavy atom. The van der Waals surface area contributed by atoms with Gasteiger partial charge in [0.1, 0.15) is 11.5 Å². The van der Waals surface area contributed by atoms with Crippen molar-refractivity contribution in [2.75, 3.05) is 13.2 Å². The minimum atomic E-state index is -0.892. The van der Waals surface area contributed by atoms with Gasteiger partial charge < -0.3 is 24.6 Å². The number of ketones is 1. The Labute approximate surface area is 235 Å². The van der Waals surface area contributed by atoms with E-state index in [2.05, 4.69) is 13.8 Å². The van der Waals surface area contributed by atoms with Crippen molar-refractivity contribution in [1.29, 1.82) is 0 Å². The summed E-state index contributed by atoms with van der Waals surface area (Å²) in [5.74, 6) is -0.506. The highest BCUT2D eigenvalue weighted by atomic mass is 16.5. The summed E-state index contributed by atoms with van der Waals surface area (Å²) in [6.07, 6.45) is 0. The van der Waals surface area contributed by atoms with E-state index in [9.17, 15) is 19.8 Å². The van der Waals surface area contributed by atoms with E-state index in [1.807, 2.05) is 39.0 Å². The largest absolute Gasteiger partial charge is 0.507 e. The van der Waals surface area contributed by atoms with Gasteiger partial charge in [0.15, 0.2) is 11.5 Å². The van der Waals surface area contributed by atoms with Crippen LogP contribution in [0.4, 0.5) is 0 Å². The summed E-state index contributed by atoms with van der Waals surface area (Å²) in [5, 5.41) is 21.9. The van der Waals surface area contributed by atoms with E-state index in [0.717, 1.165) is 22.3 Å². The molecule has 40 heavy (non-hydrogen) atoms. The number of aliphatic hydroxyl groups excluding tert-OH is 1. The van der Waals surface area contributed by atoms with Gasteiger partial charge in [-0.05, 0) is 86.2 Å². The molecule has 1 atom stereocenters. The number of phenols is 1. The van der Waals surface area contributed by atoms with E-state index in [0.29, 0.717) is 36.0 Å². The van der Waals surface area contributed by atoms with E-state index >= 15 is 0 Å². The number of phenolic OH excluding ortho intramolecular Hbond substituents is 1. The SMILES string of the molecule is CCOc1cc(C2/C(=C(/O)c3ccc(OCC(C)C)c(C)c3)C(=O)C(=O)N2Cc2cc(C)ccc2C)ccc1O. The molecule has 0 saturated carbocycles. The molecule has 7 nitrogen and oxygen atoms in total. The van der Waals surface area contributed by atoms with Crippen LogP contribution < -0.4 is 9.47 Å². The lowest BCUT2D eigenvalue weighted by Crippen LogP contribution is -2.29. The van der Waals surface area contributed by atoms with E-state index in [1.54, 1.807) is 37.3 Å². The number of likely N-dealkylation sites (tertiary alicyclic amines) is 1. The summed E-state index contributed by atoms with van der Waals surface area (Å²) in [6, 6.07) is 15.0. The van der Waals surface area contributed by atoms with Crippen molar-refractivity contribution in [1.82, 2.24) is 4.90 Å². The van der Waals surface area contributed by atoms with Gasteiger partial charge in [0.05, 0.1) is 24.8 Å². The van der Waals surface area contributed by atoms with Crippen LogP contribution in [0.25, 0.3) is 5.76 Å². The second kappa shape index (κ2) is 11.9. The Hall–Kier alpha value is -4.26. The summed E-state index contributed by atoms with van der Waals surface area (Å²) < 4.78 is 11.5. The third-order valence-corrected chi connectivity index (χ3v) is 7.01. The number of aromatic hydroxyl groups is 1.